The van der Waals surface area contributed by atoms with E-state index in [-0.39, 0.29) is 55.0 Å². The summed E-state index contributed by atoms with van der Waals surface area (Å²) in [6, 6.07) is 0. The summed E-state index contributed by atoms with van der Waals surface area (Å²) in [4.78, 5) is 0. The number of rotatable bonds is 11. The average Bonchev–Trinajstić information content (AvgIpc) is 2.20. The minimum atomic E-state index is -1.98. The van der Waals surface area contributed by atoms with Gasteiger partial charge in [-0.3, -0.25) is 0 Å². The molecule has 0 aromatic rings. The second-order valence-corrected chi connectivity index (χ2v) is 36.1. The van der Waals surface area contributed by atoms with Crippen LogP contribution in [0.4, 0.5) is 0 Å². The smallest absolute Gasteiger partial charge is 0.310 e. The third kappa shape index (κ3) is 21.7. The maximum Gasteiger partial charge on any atom is 0.310 e. The fourth-order valence-corrected chi connectivity index (χ4v) is 36.1. The van der Waals surface area contributed by atoms with E-state index in [4.69, 9.17) is 12.3 Å². The first-order valence-corrected chi connectivity index (χ1v) is 28.0. The number of hydrogen-bond donors (Lipinski definition) is 0. The van der Waals surface area contributed by atoms with Gasteiger partial charge in [0.15, 0.2) is 34.7 Å². The van der Waals surface area contributed by atoms with Gasteiger partial charge in [0, 0.05) is 51.0 Å². The van der Waals surface area contributed by atoms with Crippen LogP contribution in [0.15, 0.2) is 0 Å². The van der Waals surface area contributed by atoms with Gasteiger partial charge in [-0.25, -0.2) is 0 Å². The second kappa shape index (κ2) is 16.2. The quantitative estimate of drug-likeness (QED) is 0.285. The molecule has 11 heteroatoms. The van der Waals surface area contributed by atoms with E-state index in [1.165, 1.54) is 17.0 Å². The van der Waals surface area contributed by atoms with Crippen molar-refractivity contribution in [2.45, 2.75) is 111 Å². The summed E-state index contributed by atoms with van der Waals surface area (Å²) >= 11 is 0. The molecule has 28 heavy (non-hydrogen) atoms. The molecule has 0 fully saturated rings. The topological polar surface area (TPSA) is 27.7 Å². The third-order valence-electron chi connectivity index (χ3n) is 3.85. The van der Waals surface area contributed by atoms with Crippen LogP contribution in [0.2, 0.25) is 89.0 Å². The Balaban J connectivity index is -0.000000441. The van der Waals surface area contributed by atoms with E-state index in [1.54, 1.807) is 0 Å². The van der Waals surface area contributed by atoms with Gasteiger partial charge in [0.2, 0.25) is 0 Å². The second-order valence-electron chi connectivity index (χ2n) is 10.1. The third-order valence-corrected chi connectivity index (χ3v) is 34.7. The Bertz CT molecular complexity index is 391. The molecule has 0 spiro atoms. The average molecular weight is 593 g/mol. The monoisotopic (exact) mass is 592 g/mol. The van der Waals surface area contributed by atoms with Crippen molar-refractivity contribution in [3.63, 3.8) is 0 Å². The maximum absolute atomic E-state index is 6.72. The van der Waals surface area contributed by atoms with Gasteiger partial charge >= 0.3 is 8.56 Å². The van der Waals surface area contributed by atoms with Crippen LogP contribution in [0.1, 0.15) is 22.3 Å². The summed E-state index contributed by atoms with van der Waals surface area (Å²) in [5, 5.41) is 0. The summed E-state index contributed by atoms with van der Waals surface area (Å²) in [7, 11) is -6.22. The van der Waals surface area contributed by atoms with E-state index in [9.17, 15) is 0 Å². The van der Waals surface area contributed by atoms with Gasteiger partial charge in [-0.1, -0.05) is 41.0 Å². The molecular formula is C17H55O3Si7Y. The van der Waals surface area contributed by atoms with Gasteiger partial charge in [-0.15, -0.1) is 0 Å². The zero-order valence-corrected chi connectivity index (χ0v) is 29.3. The molecular weight excluding hydrogens is 538 g/mol. The molecule has 0 rings (SSSR count). The molecule has 0 aromatic heterocycles. The minimum absolute atomic E-state index is 0. The summed E-state index contributed by atoms with van der Waals surface area (Å²) < 4.78 is 19.6. The van der Waals surface area contributed by atoms with Gasteiger partial charge in [-0.05, 0) is 70.3 Å². The molecule has 0 N–H and O–H groups in total. The fourth-order valence-electron chi connectivity index (χ4n) is 3.49. The standard InChI is InChI=1S/C14H43O3Si7.3CH4.Y/c1-19(13-22(6,7)12-18)15-23(8,9)14-20(2)16-24(10,11)17-21(3,4)5;;;;/h19-20H,12-14,18H2,1-11H3;3*1H4;. The van der Waals surface area contributed by atoms with Gasteiger partial charge < -0.3 is 12.3 Å². The SMILES string of the molecule is C.C.C.C[SiH](C[Si](C)(C)C[SiH2])O[Si](C)(C)C[SiH](C)O[Si](C)(C)O[Si](C)(C)C.[Y]. The zero-order valence-electron chi connectivity index (χ0n) is 18.8. The van der Waals surface area contributed by atoms with Gasteiger partial charge in [0.25, 0.3) is 0 Å². The Hall–Kier alpha value is 2.50. The van der Waals surface area contributed by atoms with Gasteiger partial charge in [-0.2, -0.15) is 0 Å². The van der Waals surface area contributed by atoms with E-state index in [1.807, 2.05) is 0 Å². The molecule has 0 bridgehead atoms. The molecule has 0 aliphatic carbocycles. The summed E-state index contributed by atoms with van der Waals surface area (Å²) in [6.45, 7) is 25.8. The van der Waals surface area contributed by atoms with Crippen LogP contribution >= 0.6 is 0 Å². The van der Waals surface area contributed by atoms with Crippen LogP contribution in [0, 0.1) is 0 Å². The minimum Gasteiger partial charge on any atom is -0.458 e. The Labute approximate surface area is 216 Å². The Kier molecular flexibility index (Phi) is 23.6. The molecule has 3 nitrogen and oxygen atoms in total. The summed E-state index contributed by atoms with van der Waals surface area (Å²) in [6.07, 6.45) is 0. The molecule has 2 unspecified atom stereocenters. The van der Waals surface area contributed by atoms with Gasteiger partial charge in [0.05, 0.1) is 0 Å². The fraction of sp³-hybridized carbons (Fsp3) is 1.00. The van der Waals surface area contributed by atoms with Crippen molar-refractivity contribution >= 4 is 61.6 Å². The first-order chi connectivity index (χ1) is 10.5. The summed E-state index contributed by atoms with van der Waals surface area (Å²) in [5.74, 6) is 0. The van der Waals surface area contributed by atoms with Crippen molar-refractivity contribution in [1.82, 2.24) is 0 Å². The molecule has 0 saturated heterocycles. The van der Waals surface area contributed by atoms with Crippen LogP contribution < -0.4 is 0 Å². The van der Waals surface area contributed by atoms with Crippen LogP contribution in [0.25, 0.3) is 0 Å². The molecule has 0 amide bonds. The molecule has 0 saturated carbocycles. The Morgan fingerprint density at radius 3 is 1.46 bits per heavy atom. The Morgan fingerprint density at radius 2 is 1.11 bits per heavy atom. The van der Waals surface area contributed by atoms with Gasteiger partial charge in [0.1, 0.15) is 0 Å². The predicted molar refractivity (Wildman–Crippen MR) is 148 cm³/mol. The van der Waals surface area contributed by atoms with E-state index in [0.717, 1.165) is 0 Å². The molecule has 172 valence electrons. The normalized spacial score (nSPS) is 14.6. The van der Waals surface area contributed by atoms with E-state index >= 15 is 0 Å². The molecule has 0 aromatic carbocycles. The van der Waals surface area contributed by atoms with Crippen molar-refractivity contribution in [3.8, 4) is 0 Å². The van der Waals surface area contributed by atoms with Crippen molar-refractivity contribution in [2.75, 3.05) is 0 Å². The van der Waals surface area contributed by atoms with Crippen LogP contribution in [-0.4, -0.2) is 61.6 Å². The van der Waals surface area contributed by atoms with Crippen LogP contribution in [0.3, 0.4) is 0 Å². The van der Waals surface area contributed by atoms with E-state index < -0.39 is 51.4 Å². The first kappa shape index (κ1) is 40.8. The van der Waals surface area contributed by atoms with Crippen molar-refractivity contribution < 1.29 is 45.1 Å². The van der Waals surface area contributed by atoms with Crippen molar-refractivity contribution in [3.05, 3.63) is 0 Å². The van der Waals surface area contributed by atoms with Crippen molar-refractivity contribution in [1.29, 1.82) is 0 Å². The largest absolute Gasteiger partial charge is 0.458 e. The molecule has 2 radical (unpaired) electrons. The van der Waals surface area contributed by atoms with Crippen LogP contribution in [0.5, 0.6) is 0 Å². The molecule has 0 aliphatic rings. The van der Waals surface area contributed by atoms with E-state index in [2.05, 4.69) is 82.3 Å². The van der Waals surface area contributed by atoms with Crippen LogP contribution in [-0.2, 0) is 45.1 Å². The molecule has 0 aliphatic heterocycles. The maximum atomic E-state index is 6.72. The molecule has 0 heterocycles. The van der Waals surface area contributed by atoms with E-state index in [0.29, 0.717) is 0 Å². The summed E-state index contributed by atoms with van der Waals surface area (Å²) in [5.41, 5.74) is 4.03. The number of hydrogen-bond acceptors (Lipinski definition) is 3. The zero-order chi connectivity index (χ0) is 19.4. The molecule has 2 atom stereocenters. The first-order valence-electron chi connectivity index (χ1n) is 9.32. The predicted octanol–water partition coefficient (Wildman–Crippen LogP) is 5.77. The Morgan fingerprint density at radius 1 is 0.714 bits per heavy atom. The van der Waals surface area contributed by atoms with Crippen molar-refractivity contribution in [2.24, 2.45) is 0 Å².